The highest BCUT2D eigenvalue weighted by Crippen LogP contribution is 2.24. The van der Waals surface area contributed by atoms with Crippen molar-refractivity contribution in [2.24, 2.45) is 5.73 Å². The Balaban J connectivity index is 2.23. The summed E-state index contributed by atoms with van der Waals surface area (Å²) in [6, 6.07) is 10.7. The van der Waals surface area contributed by atoms with E-state index in [-0.39, 0.29) is 0 Å². The first-order valence-electron chi connectivity index (χ1n) is 5.46. The van der Waals surface area contributed by atoms with Gasteiger partial charge in [0.25, 0.3) is 0 Å². The van der Waals surface area contributed by atoms with Crippen molar-refractivity contribution in [2.75, 3.05) is 0 Å². The molecule has 2 unspecified atom stereocenters. The van der Waals surface area contributed by atoms with E-state index in [1.165, 1.54) is 0 Å². The monoisotopic (exact) mass is 229 g/mol. The molecule has 0 aliphatic rings. The van der Waals surface area contributed by atoms with Crippen molar-refractivity contribution in [1.29, 1.82) is 0 Å². The van der Waals surface area contributed by atoms with Crippen molar-refractivity contribution in [1.82, 2.24) is 9.97 Å². The van der Waals surface area contributed by atoms with Crippen LogP contribution in [0, 0.1) is 6.92 Å². The summed E-state index contributed by atoms with van der Waals surface area (Å²) in [5.74, 6) is 0.627. The maximum absolute atomic E-state index is 10.2. The molecular weight excluding hydrogens is 214 g/mol. The lowest BCUT2D eigenvalue weighted by Gasteiger charge is -2.18. The van der Waals surface area contributed by atoms with E-state index in [1.807, 2.05) is 30.3 Å². The van der Waals surface area contributed by atoms with Crippen LogP contribution in [0.2, 0.25) is 0 Å². The van der Waals surface area contributed by atoms with Gasteiger partial charge < -0.3 is 10.8 Å². The van der Waals surface area contributed by atoms with Gasteiger partial charge in [-0.15, -0.1) is 0 Å². The van der Waals surface area contributed by atoms with Gasteiger partial charge in [0, 0.05) is 6.20 Å². The summed E-state index contributed by atoms with van der Waals surface area (Å²) in [7, 11) is 0. The van der Waals surface area contributed by atoms with E-state index in [1.54, 1.807) is 19.2 Å². The summed E-state index contributed by atoms with van der Waals surface area (Å²) in [6.45, 7) is 1.78. The van der Waals surface area contributed by atoms with E-state index >= 15 is 0 Å². The second-order valence-corrected chi connectivity index (χ2v) is 3.91. The Kier molecular flexibility index (Phi) is 3.46. The zero-order chi connectivity index (χ0) is 12.3. The molecule has 88 valence electrons. The van der Waals surface area contributed by atoms with E-state index < -0.39 is 12.1 Å². The minimum atomic E-state index is -0.820. The highest BCUT2D eigenvalue weighted by atomic mass is 16.3. The molecule has 2 rings (SSSR count). The molecule has 0 saturated carbocycles. The van der Waals surface area contributed by atoms with E-state index in [4.69, 9.17) is 5.73 Å². The molecule has 1 heterocycles. The Morgan fingerprint density at radius 3 is 2.53 bits per heavy atom. The van der Waals surface area contributed by atoms with Crippen LogP contribution in [0.15, 0.2) is 42.6 Å². The number of hydrogen-bond donors (Lipinski definition) is 2. The van der Waals surface area contributed by atoms with E-state index in [2.05, 4.69) is 9.97 Å². The average Bonchev–Trinajstić information content (AvgIpc) is 2.38. The fourth-order valence-corrected chi connectivity index (χ4v) is 1.68. The van der Waals surface area contributed by atoms with Gasteiger partial charge in [-0.1, -0.05) is 30.3 Å². The van der Waals surface area contributed by atoms with Crippen LogP contribution >= 0.6 is 0 Å². The van der Waals surface area contributed by atoms with Crippen molar-refractivity contribution in [3.8, 4) is 0 Å². The summed E-state index contributed by atoms with van der Waals surface area (Å²) in [5.41, 5.74) is 7.45. The summed E-state index contributed by atoms with van der Waals surface area (Å²) < 4.78 is 0. The fraction of sp³-hybridized carbons (Fsp3) is 0.231. The molecule has 2 atom stereocenters. The fourth-order valence-electron chi connectivity index (χ4n) is 1.68. The minimum Gasteiger partial charge on any atom is -0.385 e. The van der Waals surface area contributed by atoms with Gasteiger partial charge in [-0.2, -0.15) is 0 Å². The highest BCUT2D eigenvalue weighted by molar-refractivity contribution is 5.22. The molecule has 3 N–H and O–H groups in total. The van der Waals surface area contributed by atoms with Crippen LogP contribution < -0.4 is 5.73 Å². The molecule has 0 fully saturated rings. The SMILES string of the molecule is Cc1nccc(C(O)C(N)c2ccccc2)n1. The molecule has 0 radical (unpaired) electrons. The van der Waals surface area contributed by atoms with Crippen LogP contribution in [0.3, 0.4) is 0 Å². The third-order valence-corrected chi connectivity index (χ3v) is 2.63. The molecule has 0 bridgehead atoms. The smallest absolute Gasteiger partial charge is 0.125 e. The third-order valence-electron chi connectivity index (χ3n) is 2.63. The van der Waals surface area contributed by atoms with E-state index in [0.29, 0.717) is 11.5 Å². The number of nitrogens with zero attached hydrogens (tertiary/aromatic N) is 2. The predicted molar refractivity (Wildman–Crippen MR) is 65.1 cm³/mol. The number of aromatic nitrogens is 2. The normalized spacial score (nSPS) is 14.3. The maximum atomic E-state index is 10.2. The van der Waals surface area contributed by atoms with Gasteiger partial charge in [0.05, 0.1) is 11.7 Å². The predicted octanol–water partition coefficient (Wildman–Crippen LogP) is 1.52. The first kappa shape index (κ1) is 11.7. The number of hydrogen-bond acceptors (Lipinski definition) is 4. The molecular formula is C13H15N3O. The van der Waals surface area contributed by atoms with Crippen molar-refractivity contribution < 1.29 is 5.11 Å². The number of benzene rings is 1. The van der Waals surface area contributed by atoms with Gasteiger partial charge in [0.1, 0.15) is 11.9 Å². The van der Waals surface area contributed by atoms with Gasteiger partial charge in [-0.25, -0.2) is 9.97 Å². The molecule has 0 spiro atoms. The number of aliphatic hydroxyl groups is 1. The van der Waals surface area contributed by atoms with Crippen LogP contribution in [0.25, 0.3) is 0 Å². The molecule has 1 aromatic heterocycles. The lowest BCUT2D eigenvalue weighted by Crippen LogP contribution is -2.20. The zero-order valence-electron chi connectivity index (χ0n) is 9.62. The number of nitrogens with two attached hydrogens (primary N) is 1. The Morgan fingerprint density at radius 2 is 1.88 bits per heavy atom. The molecule has 0 aliphatic carbocycles. The number of rotatable bonds is 3. The largest absolute Gasteiger partial charge is 0.385 e. The molecule has 2 aromatic rings. The molecule has 17 heavy (non-hydrogen) atoms. The van der Waals surface area contributed by atoms with E-state index in [9.17, 15) is 5.11 Å². The van der Waals surface area contributed by atoms with Gasteiger partial charge >= 0.3 is 0 Å². The number of aliphatic hydroxyl groups excluding tert-OH is 1. The molecule has 4 nitrogen and oxygen atoms in total. The van der Waals surface area contributed by atoms with Gasteiger partial charge in [0.2, 0.25) is 0 Å². The molecule has 4 heteroatoms. The van der Waals surface area contributed by atoms with Crippen LogP contribution in [-0.2, 0) is 0 Å². The highest BCUT2D eigenvalue weighted by Gasteiger charge is 2.19. The van der Waals surface area contributed by atoms with Gasteiger partial charge in [-0.3, -0.25) is 0 Å². The molecule has 1 aromatic carbocycles. The summed E-state index contributed by atoms with van der Waals surface area (Å²) in [4.78, 5) is 8.17. The average molecular weight is 229 g/mol. The van der Waals surface area contributed by atoms with Gasteiger partial charge in [-0.05, 0) is 18.6 Å². The Labute approximate surface area is 100 Å². The molecule has 0 saturated heterocycles. The van der Waals surface area contributed by atoms with Crippen molar-refractivity contribution in [2.45, 2.75) is 19.1 Å². The van der Waals surface area contributed by atoms with Crippen LogP contribution in [0.5, 0.6) is 0 Å². The first-order chi connectivity index (χ1) is 8.18. The molecule has 0 amide bonds. The Hall–Kier alpha value is -1.78. The second-order valence-electron chi connectivity index (χ2n) is 3.91. The lowest BCUT2D eigenvalue weighted by atomic mass is 10.00. The zero-order valence-corrected chi connectivity index (χ0v) is 9.62. The maximum Gasteiger partial charge on any atom is 0.125 e. The minimum absolute atomic E-state index is 0.481. The summed E-state index contributed by atoms with van der Waals surface area (Å²) in [5, 5.41) is 10.2. The lowest BCUT2D eigenvalue weighted by molar-refractivity contribution is 0.142. The Bertz CT molecular complexity index is 487. The van der Waals surface area contributed by atoms with Crippen molar-refractivity contribution in [3.63, 3.8) is 0 Å². The van der Waals surface area contributed by atoms with Crippen LogP contribution in [0.4, 0.5) is 0 Å². The summed E-state index contributed by atoms with van der Waals surface area (Å²) >= 11 is 0. The van der Waals surface area contributed by atoms with Gasteiger partial charge in [0.15, 0.2) is 0 Å². The van der Waals surface area contributed by atoms with Crippen LogP contribution in [-0.4, -0.2) is 15.1 Å². The quantitative estimate of drug-likeness (QED) is 0.837. The topological polar surface area (TPSA) is 72.0 Å². The third kappa shape index (κ3) is 2.67. The van der Waals surface area contributed by atoms with E-state index in [0.717, 1.165) is 5.56 Å². The molecule has 0 aliphatic heterocycles. The van der Waals surface area contributed by atoms with Crippen molar-refractivity contribution in [3.05, 3.63) is 59.7 Å². The summed E-state index contributed by atoms with van der Waals surface area (Å²) in [6.07, 6.45) is 0.803. The van der Waals surface area contributed by atoms with Crippen molar-refractivity contribution >= 4 is 0 Å². The standard InChI is InChI=1S/C13H15N3O/c1-9-15-8-7-11(16-9)13(17)12(14)10-5-3-2-4-6-10/h2-8,12-13,17H,14H2,1H3. The van der Waals surface area contributed by atoms with Crippen LogP contribution in [0.1, 0.15) is 29.2 Å². The first-order valence-corrected chi connectivity index (χ1v) is 5.46. The number of aryl methyl sites for hydroxylation is 1. The Morgan fingerprint density at radius 1 is 1.18 bits per heavy atom. The second kappa shape index (κ2) is 5.03.